The normalized spacial score (nSPS) is 23.7. The zero-order valence-electron chi connectivity index (χ0n) is 16.2. The van der Waals surface area contributed by atoms with Gasteiger partial charge in [0, 0.05) is 25.4 Å². The quantitative estimate of drug-likeness (QED) is 0.803. The SMILES string of the molecule is COc1ccc(Oc2cc(CNC(=O)[C@@]34CCCC[C@H]3CNC4)ccn2)cc1. The molecule has 1 aliphatic heterocycles. The molecule has 2 N–H and O–H groups in total. The average Bonchev–Trinajstić information content (AvgIpc) is 3.18. The second-order valence-corrected chi connectivity index (χ2v) is 7.69. The van der Waals surface area contributed by atoms with Crippen molar-refractivity contribution < 1.29 is 14.3 Å². The van der Waals surface area contributed by atoms with E-state index in [0.717, 1.165) is 43.7 Å². The van der Waals surface area contributed by atoms with Gasteiger partial charge in [0.2, 0.25) is 11.8 Å². The molecule has 1 aromatic carbocycles. The van der Waals surface area contributed by atoms with Gasteiger partial charge in [0.05, 0.1) is 12.5 Å². The number of aromatic nitrogens is 1. The molecule has 2 aromatic rings. The molecule has 2 heterocycles. The molecule has 28 heavy (non-hydrogen) atoms. The lowest BCUT2D eigenvalue weighted by molar-refractivity contribution is -0.134. The lowest BCUT2D eigenvalue weighted by Crippen LogP contribution is -2.47. The van der Waals surface area contributed by atoms with Gasteiger partial charge in [-0.1, -0.05) is 12.8 Å². The first-order chi connectivity index (χ1) is 13.7. The molecule has 0 spiro atoms. The highest BCUT2D eigenvalue weighted by atomic mass is 16.5. The molecule has 6 nitrogen and oxygen atoms in total. The first-order valence-corrected chi connectivity index (χ1v) is 9.95. The standard InChI is InChI=1S/C22H27N3O3/c1-27-18-5-7-19(8-6-18)28-20-12-16(9-11-24-20)13-25-21(26)22-10-3-2-4-17(22)14-23-15-22/h5-9,11-12,17,23H,2-4,10,13-15H2,1H3,(H,25,26)/t17-,22+/m0/s1. The number of rotatable bonds is 6. The van der Waals surface area contributed by atoms with Crippen LogP contribution in [0.1, 0.15) is 31.2 Å². The number of ether oxygens (including phenoxy) is 2. The maximum absolute atomic E-state index is 13.0. The van der Waals surface area contributed by atoms with Gasteiger partial charge in [0.25, 0.3) is 0 Å². The van der Waals surface area contributed by atoms with Crippen LogP contribution in [0.3, 0.4) is 0 Å². The van der Waals surface area contributed by atoms with Crippen molar-refractivity contribution in [1.29, 1.82) is 0 Å². The van der Waals surface area contributed by atoms with Gasteiger partial charge in [0.1, 0.15) is 11.5 Å². The average molecular weight is 381 g/mol. The van der Waals surface area contributed by atoms with E-state index in [9.17, 15) is 4.79 Å². The van der Waals surface area contributed by atoms with Crippen molar-refractivity contribution in [2.24, 2.45) is 11.3 Å². The number of fused-ring (bicyclic) bond motifs is 1. The predicted octanol–water partition coefficient (Wildman–Crippen LogP) is 3.28. The summed E-state index contributed by atoms with van der Waals surface area (Å²) in [4.78, 5) is 17.3. The smallest absolute Gasteiger partial charge is 0.228 e. The van der Waals surface area contributed by atoms with Gasteiger partial charge in [-0.05, 0) is 61.2 Å². The summed E-state index contributed by atoms with van der Waals surface area (Å²) >= 11 is 0. The summed E-state index contributed by atoms with van der Waals surface area (Å²) in [5.74, 6) is 2.62. The van der Waals surface area contributed by atoms with Crippen molar-refractivity contribution in [3.8, 4) is 17.4 Å². The third kappa shape index (κ3) is 3.83. The minimum absolute atomic E-state index is 0.177. The zero-order chi connectivity index (χ0) is 19.4. The number of carbonyl (C=O) groups excluding carboxylic acids is 1. The van der Waals surface area contributed by atoms with E-state index in [1.807, 2.05) is 36.4 Å². The number of carbonyl (C=O) groups is 1. The van der Waals surface area contributed by atoms with Gasteiger partial charge in [-0.3, -0.25) is 4.79 Å². The Balaban J connectivity index is 1.38. The van der Waals surface area contributed by atoms with E-state index in [0.29, 0.717) is 24.1 Å². The number of nitrogens with one attached hydrogen (secondary N) is 2. The molecule has 4 rings (SSSR count). The van der Waals surface area contributed by atoms with Crippen molar-refractivity contribution >= 4 is 5.91 Å². The fourth-order valence-corrected chi connectivity index (χ4v) is 4.43. The Morgan fingerprint density at radius 3 is 2.89 bits per heavy atom. The number of amides is 1. The van der Waals surface area contributed by atoms with Crippen LogP contribution in [-0.2, 0) is 11.3 Å². The van der Waals surface area contributed by atoms with Crippen molar-refractivity contribution in [3.63, 3.8) is 0 Å². The van der Waals surface area contributed by atoms with Crippen LogP contribution < -0.4 is 20.1 Å². The van der Waals surface area contributed by atoms with Crippen molar-refractivity contribution in [2.75, 3.05) is 20.2 Å². The highest BCUT2D eigenvalue weighted by Gasteiger charge is 2.49. The second kappa shape index (κ2) is 8.19. The summed E-state index contributed by atoms with van der Waals surface area (Å²) < 4.78 is 11.0. The van der Waals surface area contributed by atoms with E-state index in [2.05, 4.69) is 15.6 Å². The Morgan fingerprint density at radius 1 is 1.25 bits per heavy atom. The molecule has 0 radical (unpaired) electrons. The molecule has 1 saturated heterocycles. The van der Waals surface area contributed by atoms with E-state index < -0.39 is 0 Å². The highest BCUT2D eigenvalue weighted by molar-refractivity contribution is 5.83. The molecule has 1 aliphatic carbocycles. The van der Waals surface area contributed by atoms with Crippen molar-refractivity contribution in [2.45, 2.75) is 32.2 Å². The van der Waals surface area contributed by atoms with Crippen LogP contribution in [0.25, 0.3) is 0 Å². The molecule has 1 amide bonds. The number of pyridine rings is 1. The minimum atomic E-state index is -0.228. The Hall–Kier alpha value is -2.60. The largest absolute Gasteiger partial charge is 0.497 e. The third-order valence-electron chi connectivity index (χ3n) is 6.02. The number of hydrogen-bond acceptors (Lipinski definition) is 5. The van der Waals surface area contributed by atoms with Gasteiger partial charge in [-0.2, -0.15) is 0 Å². The molecule has 148 valence electrons. The van der Waals surface area contributed by atoms with E-state index in [1.54, 1.807) is 13.3 Å². The number of hydrogen-bond donors (Lipinski definition) is 2. The summed E-state index contributed by atoms with van der Waals surface area (Å²) in [6, 6.07) is 11.1. The number of methoxy groups -OCH3 is 1. The summed E-state index contributed by atoms with van der Waals surface area (Å²) in [5.41, 5.74) is 0.745. The Bertz CT molecular complexity index is 824. The molecular weight excluding hydrogens is 354 g/mol. The van der Waals surface area contributed by atoms with Crippen molar-refractivity contribution in [3.05, 3.63) is 48.2 Å². The maximum Gasteiger partial charge on any atom is 0.228 e. The lowest BCUT2D eigenvalue weighted by Gasteiger charge is -2.37. The monoisotopic (exact) mass is 381 g/mol. The second-order valence-electron chi connectivity index (χ2n) is 7.69. The first kappa shape index (κ1) is 18.7. The van der Waals surface area contributed by atoms with E-state index in [4.69, 9.17) is 9.47 Å². The van der Waals surface area contributed by atoms with Crippen LogP contribution in [0.4, 0.5) is 0 Å². The third-order valence-corrected chi connectivity index (χ3v) is 6.02. The Kier molecular flexibility index (Phi) is 5.48. The molecule has 2 atom stereocenters. The molecule has 0 unspecified atom stereocenters. The molecule has 0 bridgehead atoms. The molecule has 2 aliphatic rings. The van der Waals surface area contributed by atoms with Crippen LogP contribution in [0.2, 0.25) is 0 Å². The number of benzene rings is 1. The predicted molar refractivity (Wildman–Crippen MR) is 106 cm³/mol. The van der Waals surface area contributed by atoms with E-state index in [1.165, 1.54) is 6.42 Å². The van der Waals surface area contributed by atoms with Crippen LogP contribution in [-0.4, -0.2) is 31.1 Å². The van der Waals surface area contributed by atoms with Gasteiger partial charge < -0.3 is 20.1 Å². The summed E-state index contributed by atoms with van der Waals surface area (Å²) in [6.07, 6.45) is 6.21. The zero-order valence-corrected chi connectivity index (χ0v) is 16.2. The van der Waals surface area contributed by atoms with Crippen LogP contribution >= 0.6 is 0 Å². The van der Waals surface area contributed by atoms with Gasteiger partial charge in [0.15, 0.2) is 0 Å². The molecule has 6 heteroatoms. The first-order valence-electron chi connectivity index (χ1n) is 9.95. The maximum atomic E-state index is 13.0. The lowest BCUT2D eigenvalue weighted by atomic mass is 9.67. The van der Waals surface area contributed by atoms with Crippen LogP contribution in [0, 0.1) is 11.3 Å². The molecule has 1 saturated carbocycles. The molecular formula is C22H27N3O3. The van der Waals surface area contributed by atoms with Crippen molar-refractivity contribution in [1.82, 2.24) is 15.6 Å². The van der Waals surface area contributed by atoms with E-state index in [-0.39, 0.29) is 11.3 Å². The van der Waals surface area contributed by atoms with Gasteiger partial charge in [-0.15, -0.1) is 0 Å². The summed E-state index contributed by atoms with van der Waals surface area (Å²) in [7, 11) is 1.63. The van der Waals surface area contributed by atoms with Gasteiger partial charge >= 0.3 is 0 Å². The summed E-state index contributed by atoms with van der Waals surface area (Å²) in [6.45, 7) is 2.24. The fourth-order valence-electron chi connectivity index (χ4n) is 4.43. The van der Waals surface area contributed by atoms with E-state index >= 15 is 0 Å². The molecule has 1 aromatic heterocycles. The Morgan fingerprint density at radius 2 is 2.07 bits per heavy atom. The van der Waals surface area contributed by atoms with Gasteiger partial charge in [-0.25, -0.2) is 4.98 Å². The Labute approximate surface area is 165 Å². The summed E-state index contributed by atoms with van der Waals surface area (Å²) in [5, 5.41) is 6.59. The molecule has 2 fully saturated rings. The minimum Gasteiger partial charge on any atom is -0.497 e. The topological polar surface area (TPSA) is 72.5 Å². The van der Waals surface area contributed by atoms with Crippen LogP contribution in [0.5, 0.6) is 17.4 Å². The highest BCUT2D eigenvalue weighted by Crippen LogP contribution is 2.43. The van der Waals surface area contributed by atoms with Crippen LogP contribution in [0.15, 0.2) is 42.6 Å². The fraction of sp³-hybridized carbons (Fsp3) is 0.455. The number of nitrogens with zero attached hydrogens (tertiary/aromatic N) is 1.